The lowest BCUT2D eigenvalue weighted by Crippen LogP contribution is -2.52. The van der Waals surface area contributed by atoms with Gasteiger partial charge in [-0.3, -0.25) is 29.6 Å². The minimum Gasteiger partial charge on any atom is -0.489 e. The average Bonchev–Trinajstić information content (AvgIpc) is 3.43. The third-order valence-corrected chi connectivity index (χ3v) is 7.88. The third kappa shape index (κ3) is 4.21. The van der Waals surface area contributed by atoms with Crippen LogP contribution in [0.15, 0.2) is 30.6 Å². The molecule has 4 aliphatic heterocycles. The van der Waals surface area contributed by atoms with E-state index in [1.54, 1.807) is 11.0 Å². The molecule has 0 aliphatic carbocycles. The summed E-state index contributed by atoms with van der Waals surface area (Å²) in [5, 5.41) is 2.35. The molecule has 5 heterocycles. The van der Waals surface area contributed by atoms with Crippen molar-refractivity contribution in [3.8, 4) is 5.75 Å². The lowest BCUT2D eigenvalue weighted by molar-refractivity contribution is -0.136. The molecule has 0 spiro atoms. The Bertz CT molecular complexity index is 1230. The van der Waals surface area contributed by atoms with Crippen LogP contribution in [0.1, 0.15) is 52.7 Å². The van der Waals surface area contributed by atoms with E-state index in [1.807, 2.05) is 24.5 Å². The Morgan fingerprint density at radius 2 is 2.00 bits per heavy atom. The van der Waals surface area contributed by atoms with Crippen LogP contribution < -0.4 is 15.0 Å². The number of nitrogens with zero attached hydrogens (tertiary/aromatic N) is 4. The molecule has 2 fully saturated rings. The standard InChI is InChI=1S/C27H31N5O4/c1-30-9-2-3-21-18(12-28-13-24(21)30)14-31-10-8-20(16-31)36-19-4-5-22-17(11-19)15-32(27(22)35)23-6-7-25(33)29-26(23)34/h4-5,11-13,20,23H,2-3,6-10,14-16H2,1H3,(H,29,33,34)/t20-,23?/m0/s1. The summed E-state index contributed by atoms with van der Waals surface area (Å²) in [5.74, 6) is -0.0867. The first-order chi connectivity index (χ1) is 17.5. The second kappa shape index (κ2) is 9.20. The molecule has 6 rings (SSSR count). The van der Waals surface area contributed by atoms with Gasteiger partial charge in [-0.25, -0.2) is 0 Å². The Morgan fingerprint density at radius 3 is 2.86 bits per heavy atom. The highest BCUT2D eigenvalue weighted by atomic mass is 16.5. The molecule has 2 saturated heterocycles. The molecule has 0 bridgehead atoms. The molecular formula is C27H31N5O4. The fourth-order valence-electron chi connectivity index (χ4n) is 5.98. The van der Waals surface area contributed by atoms with Crippen LogP contribution in [0.25, 0.3) is 0 Å². The Labute approximate surface area is 210 Å². The summed E-state index contributed by atoms with van der Waals surface area (Å²) in [6, 6.07) is 4.97. The summed E-state index contributed by atoms with van der Waals surface area (Å²) in [6.45, 7) is 4.13. The van der Waals surface area contributed by atoms with Crippen LogP contribution >= 0.6 is 0 Å². The molecule has 1 N–H and O–H groups in total. The number of aromatic nitrogens is 1. The Kier molecular flexibility index (Phi) is 5.87. The molecule has 4 aliphatic rings. The SMILES string of the molecule is CN1CCCc2c(CN3CC[C@H](Oc4ccc5c(c4)CN(C4CCC(=O)NC4=O)C5=O)C3)cncc21. The van der Waals surface area contributed by atoms with Crippen molar-refractivity contribution >= 4 is 23.4 Å². The molecule has 36 heavy (non-hydrogen) atoms. The second-order valence-electron chi connectivity index (χ2n) is 10.3. The number of benzene rings is 1. The zero-order valence-electron chi connectivity index (χ0n) is 20.5. The maximum Gasteiger partial charge on any atom is 0.255 e. The van der Waals surface area contributed by atoms with Gasteiger partial charge >= 0.3 is 0 Å². The Morgan fingerprint density at radius 1 is 1.11 bits per heavy atom. The molecule has 0 radical (unpaired) electrons. The van der Waals surface area contributed by atoms with E-state index >= 15 is 0 Å². The lowest BCUT2D eigenvalue weighted by Gasteiger charge is -2.29. The molecule has 2 atom stereocenters. The molecule has 2 aromatic rings. The summed E-state index contributed by atoms with van der Waals surface area (Å²) in [7, 11) is 2.14. The largest absolute Gasteiger partial charge is 0.489 e. The number of carbonyl (C=O) groups excluding carboxylic acids is 3. The lowest BCUT2D eigenvalue weighted by atomic mass is 9.99. The maximum absolute atomic E-state index is 12.9. The third-order valence-electron chi connectivity index (χ3n) is 7.88. The number of pyridine rings is 1. The number of piperidine rings is 1. The molecule has 9 heteroatoms. The number of hydrogen-bond donors (Lipinski definition) is 1. The number of imide groups is 1. The number of likely N-dealkylation sites (tertiary alicyclic amines) is 1. The van der Waals surface area contributed by atoms with Crippen molar-refractivity contribution in [2.24, 2.45) is 0 Å². The normalized spacial score (nSPS) is 24.1. The first-order valence-corrected chi connectivity index (χ1v) is 12.8. The first-order valence-electron chi connectivity index (χ1n) is 12.8. The van der Waals surface area contributed by atoms with E-state index in [1.165, 1.54) is 23.2 Å². The summed E-state index contributed by atoms with van der Waals surface area (Å²) in [6.07, 6.45) is 7.92. The number of amides is 3. The van der Waals surface area contributed by atoms with E-state index in [2.05, 4.69) is 27.1 Å². The summed E-state index contributed by atoms with van der Waals surface area (Å²) >= 11 is 0. The van der Waals surface area contributed by atoms with Crippen molar-refractivity contribution in [1.29, 1.82) is 0 Å². The van der Waals surface area contributed by atoms with Gasteiger partial charge in [0.15, 0.2) is 0 Å². The highest BCUT2D eigenvalue weighted by Crippen LogP contribution is 2.32. The molecule has 3 amide bonds. The van der Waals surface area contributed by atoms with Gasteiger partial charge in [0.1, 0.15) is 17.9 Å². The summed E-state index contributed by atoms with van der Waals surface area (Å²) in [4.78, 5) is 47.5. The van der Waals surface area contributed by atoms with Gasteiger partial charge in [-0.2, -0.15) is 0 Å². The maximum atomic E-state index is 12.9. The van der Waals surface area contributed by atoms with E-state index < -0.39 is 11.9 Å². The van der Waals surface area contributed by atoms with Crippen LogP contribution in [-0.4, -0.2) is 71.3 Å². The molecule has 9 nitrogen and oxygen atoms in total. The number of nitrogens with one attached hydrogen (secondary N) is 1. The van der Waals surface area contributed by atoms with Crippen molar-refractivity contribution in [2.45, 2.75) is 57.3 Å². The van der Waals surface area contributed by atoms with Gasteiger partial charge in [0.2, 0.25) is 11.8 Å². The predicted molar refractivity (Wildman–Crippen MR) is 133 cm³/mol. The van der Waals surface area contributed by atoms with E-state index in [0.29, 0.717) is 18.5 Å². The van der Waals surface area contributed by atoms with Gasteiger partial charge in [-0.05, 0) is 60.6 Å². The fourth-order valence-corrected chi connectivity index (χ4v) is 5.98. The smallest absolute Gasteiger partial charge is 0.255 e. The van der Waals surface area contributed by atoms with Gasteiger partial charge in [0, 0.05) is 58.0 Å². The molecule has 188 valence electrons. The van der Waals surface area contributed by atoms with Gasteiger partial charge < -0.3 is 14.5 Å². The quantitative estimate of drug-likeness (QED) is 0.641. The van der Waals surface area contributed by atoms with Crippen LogP contribution in [0, 0.1) is 0 Å². The molecule has 1 unspecified atom stereocenters. The van der Waals surface area contributed by atoms with Crippen molar-refractivity contribution in [1.82, 2.24) is 20.1 Å². The summed E-state index contributed by atoms with van der Waals surface area (Å²) in [5.41, 5.74) is 5.45. The van der Waals surface area contributed by atoms with E-state index in [9.17, 15) is 14.4 Å². The summed E-state index contributed by atoms with van der Waals surface area (Å²) < 4.78 is 6.33. The van der Waals surface area contributed by atoms with Gasteiger partial charge in [-0.15, -0.1) is 0 Å². The van der Waals surface area contributed by atoms with Crippen LogP contribution in [-0.2, 0) is 29.1 Å². The highest BCUT2D eigenvalue weighted by Gasteiger charge is 2.39. The van der Waals surface area contributed by atoms with E-state index in [4.69, 9.17) is 4.74 Å². The van der Waals surface area contributed by atoms with Crippen molar-refractivity contribution in [3.05, 3.63) is 52.8 Å². The Hall–Kier alpha value is -3.46. The number of ether oxygens (including phenoxy) is 1. The number of rotatable bonds is 5. The van der Waals surface area contributed by atoms with Gasteiger partial charge in [-0.1, -0.05) is 0 Å². The van der Waals surface area contributed by atoms with E-state index in [-0.39, 0.29) is 24.3 Å². The van der Waals surface area contributed by atoms with Crippen LogP contribution in [0.4, 0.5) is 5.69 Å². The minimum absolute atomic E-state index is 0.0848. The minimum atomic E-state index is -0.603. The average molecular weight is 490 g/mol. The second-order valence-corrected chi connectivity index (χ2v) is 10.3. The van der Waals surface area contributed by atoms with Crippen molar-refractivity contribution < 1.29 is 19.1 Å². The topological polar surface area (TPSA) is 95.1 Å². The Balaban J connectivity index is 1.09. The zero-order chi connectivity index (χ0) is 24.8. The fraction of sp³-hybridized carbons (Fsp3) is 0.481. The van der Waals surface area contributed by atoms with E-state index in [0.717, 1.165) is 50.3 Å². The predicted octanol–water partition coefficient (Wildman–Crippen LogP) is 1.88. The van der Waals surface area contributed by atoms with Crippen LogP contribution in [0.5, 0.6) is 5.75 Å². The van der Waals surface area contributed by atoms with Gasteiger partial charge in [0.05, 0.1) is 11.9 Å². The number of fused-ring (bicyclic) bond motifs is 2. The zero-order valence-corrected chi connectivity index (χ0v) is 20.5. The number of anilines is 1. The molecule has 1 aromatic carbocycles. The van der Waals surface area contributed by atoms with Crippen LogP contribution in [0.2, 0.25) is 0 Å². The van der Waals surface area contributed by atoms with Crippen molar-refractivity contribution in [2.75, 3.05) is 31.6 Å². The first kappa shape index (κ1) is 23.0. The molecule has 0 saturated carbocycles. The van der Waals surface area contributed by atoms with Crippen molar-refractivity contribution in [3.63, 3.8) is 0 Å². The van der Waals surface area contributed by atoms with Crippen LogP contribution in [0.3, 0.4) is 0 Å². The monoisotopic (exact) mass is 489 g/mol. The number of hydrogen-bond acceptors (Lipinski definition) is 7. The molecular weight excluding hydrogens is 458 g/mol. The number of carbonyl (C=O) groups is 3. The van der Waals surface area contributed by atoms with Gasteiger partial charge in [0.25, 0.3) is 5.91 Å². The highest BCUT2D eigenvalue weighted by molar-refractivity contribution is 6.05. The molecule has 1 aromatic heterocycles.